The number of halogens is 3. The van der Waals surface area contributed by atoms with Gasteiger partial charge in [-0.05, 0) is 39.6 Å². The van der Waals surface area contributed by atoms with E-state index in [0.29, 0.717) is 25.0 Å². The van der Waals surface area contributed by atoms with Gasteiger partial charge in [0.25, 0.3) is 0 Å². The smallest absolute Gasteiger partial charge is 0.191 e. The second-order valence-electron chi connectivity index (χ2n) is 8.44. The van der Waals surface area contributed by atoms with E-state index in [2.05, 4.69) is 39.6 Å². The summed E-state index contributed by atoms with van der Waals surface area (Å²) in [5.74, 6) is 1.70. The Bertz CT molecular complexity index is 893. The summed E-state index contributed by atoms with van der Waals surface area (Å²) in [6, 6.07) is 3.58. The van der Waals surface area contributed by atoms with Crippen molar-refractivity contribution < 1.29 is 8.78 Å². The minimum absolute atomic E-state index is 0. The first-order chi connectivity index (χ1) is 14.8. The van der Waals surface area contributed by atoms with E-state index in [9.17, 15) is 8.78 Å². The summed E-state index contributed by atoms with van der Waals surface area (Å²) in [6.07, 6.45) is 1.76. The van der Waals surface area contributed by atoms with Gasteiger partial charge in [0.1, 0.15) is 17.5 Å². The van der Waals surface area contributed by atoms with Crippen molar-refractivity contribution in [1.29, 1.82) is 0 Å². The summed E-state index contributed by atoms with van der Waals surface area (Å²) in [4.78, 5) is 11.1. The second-order valence-corrected chi connectivity index (χ2v) is 8.44. The Morgan fingerprint density at radius 1 is 1.28 bits per heavy atom. The van der Waals surface area contributed by atoms with Gasteiger partial charge in [0.2, 0.25) is 0 Å². The molecule has 0 amide bonds. The van der Waals surface area contributed by atoms with Crippen LogP contribution in [0.15, 0.2) is 23.2 Å². The van der Waals surface area contributed by atoms with Crippen molar-refractivity contribution in [2.45, 2.75) is 58.2 Å². The fourth-order valence-corrected chi connectivity index (χ4v) is 3.72. The van der Waals surface area contributed by atoms with Gasteiger partial charge in [-0.2, -0.15) is 5.10 Å². The number of hydrogen-bond acceptors (Lipinski definition) is 4. The molecule has 7 nitrogen and oxygen atoms in total. The van der Waals surface area contributed by atoms with Gasteiger partial charge in [0.05, 0.1) is 19.1 Å². The molecule has 2 aromatic rings. The molecule has 0 fully saturated rings. The summed E-state index contributed by atoms with van der Waals surface area (Å²) in [6.45, 7) is 7.78. The zero-order valence-electron chi connectivity index (χ0n) is 19.4. The molecule has 2 atom stereocenters. The lowest BCUT2D eigenvalue weighted by Gasteiger charge is -2.27. The number of hydrogen-bond donors (Lipinski definition) is 2. The quantitative estimate of drug-likeness (QED) is 0.308. The minimum atomic E-state index is -0.557. The molecule has 0 spiro atoms. The maximum absolute atomic E-state index is 14.3. The Kier molecular flexibility index (Phi) is 9.81. The molecule has 2 N–H and O–H groups in total. The number of guanidine groups is 1. The Labute approximate surface area is 206 Å². The van der Waals surface area contributed by atoms with Crippen molar-refractivity contribution >= 4 is 29.9 Å². The van der Waals surface area contributed by atoms with E-state index in [1.165, 1.54) is 18.2 Å². The van der Waals surface area contributed by atoms with E-state index in [-0.39, 0.29) is 42.1 Å². The molecule has 0 saturated heterocycles. The molecule has 0 radical (unpaired) electrons. The first kappa shape index (κ1) is 26.4. The minimum Gasteiger partial charge on any atom is -0.357 e. The van der Waals surface area contributed by atoms with Crippen LogP contribution >= 0.6 is 24.0 Å². The first-order valence-electron chi connectivity index (χ1n) is 10.9. The number of fused-ring (bicyclic) bond motifs is 1. The standard InChI is InChI=1S/C22H33F2N7.HI/c1-6-25-22(26-12-18(30(4)5)20-16(23)8-7-9-17(20)24)27-15-10-11-19-28-21(14(2)3)29-31(19)13-15;/h7-9,14-15,18H,6,10-13H2,1-5H3,(H2,25,26,27);1H. The fraction of sp³-hybridized carbons (Fsp3) is 0.591. The van der Waals surface area contributed by atoms with Crippen molar-refractivity contribution in [2.75, 3.05) is 27.2 Å². The molecular formula is C22H34F2IN7. The van der Waals surface area contributed by atoms with Crippen LogP contribution < -0.4 is 10.6 Å². The van der Waals surface area contributed by atoms with Crippen molar-refractivity contribution in [3.8, 4) is 0 Å². The monoisotopic (exact) mass is 561 g/mol. The van der Waals surface area contributed by atoms with Crippen LogP contribution in [-0.2, 0) is 13.0 Å². The van der Waals surface area contributed by atoms with E-state index < -0.39 is 17.7 Å². The van der Waals surface area contributed by atoms with E-state index in [1.54, 1.807) is 19.0 Å². The van der Waals surface area contributed by atoms with Crippen LogP contribution in [0.3, 0.4) is 0 Å². The van der Waals surface area contributed by atoms with Crippen LogP contribution in [0.4, 0.5) is 8.78 Å². The maximum Gasteiger partial charge on any atom is 0.191 e. The molecule has 1 aromatic carbocycles. The second kappa shape index (κ2) is 11.9. The molecule has 10 heteroatoms. The highest BCUT2D eigenvalue weighted by atomic mass is 127. The molecular weight excluding hydrogens is 527 g/mol. The highest BCUT2D eigenvalue weighted by Crippen LogP contribution is 2.25. The third-order valence-corrected chi connectivity index (χ3v) is 5.45. The van der Waals surface area contributed by atoms with Gasteiger partial charge in [-0.15, -0.1) is 24.0 Å². The normalized spacial score (nSPS) is 17.2. The fourth-order valence-electron chi connectivity index (χ4n) is 3.72. The number of aliphatic imine (C=N–C) groups is 1. The number of aromatic nitrogens is 3. The lowest BCUT2D eigenvalue weighted by Crippen LogP contribution is -2.47. The van der Waals surface area contributed by atoms with Gasteiger partial charge in [-0.25, -0.2) is 18.4 Å². The summed E-state index contributed by atoms with van der Waals surface area (Å²) in [5, 5.41) is 11.3. The average molecular weight is 561 g/mol. The van der Waals surface area contributed by atoms with Gasteiger partial charge in [0.15, 0.2) is 11.8 Å². The highest BCUT2D eigenvalue weighted by molar-refractivity contribution is 14.0. The largest absolute Gasteiger partial charge is 0.357 e. The Balaban J connectivity index is 0.00000363. The molecule has 3 rings (SSSR count). The van der Waals surface area contributed by atoms with Crippen molar-refractivity contribution in [2.24, 2.45) is 4.99 Å². The summed E-state index contributed by atoms with van der Waals surface area (Å²) < 4.78 is 30.7. The van der Waals surface area contributed by atoms with Crippen molar-refractivity contribution in [3.05, 3.63) is 47.0 Å². The maximum atomic E-state index is 14.3. The number of nitrogens with zero attached hydrogens (tertiary/aromatic N) is 5. The first-order valence-corrected chi connectivity index (χ1v) is 10.9. The van der Waals surface area contributed by atoms with Gasteiger partial charge >= 0.3 is 0 Å². The summed E-state index contributed by atoms with van der Waals surface area (Å²) >= 11 is 0. The van der Waals surface area contributed by atoms with Crippen LogP contribution in [0.25, 0.3) is 0 Å². The number of benzene rings is 1. The molecule has 2 heterocycles. The van der Waals surface area contributed by atoms with Crippen LogP contribution in [0, 0.1) is 11.6 Å². The zero-order chi connectivity index (χ0) is 22.5. The highest BCUT2D eigenvalue weighted by Gasteiger charge is 2.25. The number of rotatable bonds is 7. The Morgan fingerprint density at radius 3 is 2.56 bits per heavy atom. The van der Waals surface area contributed by atoms with Crippen LogP contribution in [-0.4, -0.2) is 58.9 Å². The predicted molar refractivity (Wildman–Crippen MR) is 134 cm³/mol. The zero-order valence-corrected chi connectivity index (χ0v) is 21.7. The summed E-state index contributed by atoms with van der Waals surface area (Å²) in [5.41, 5.74) is 0.0400. The van der Waals surface area contributed by atoms with E-state index in [0.717, 1.165) is 24.5 Å². The molecule has 2 unspecified atom stereocenters. The lowest BCUT2D eigenvalue weighted by molar-refractivity contribution is 0.289. The van der Waals surface area contributed by atoms with Gasteiger partial charge in [0, 0.05) is 30.5 Å². The molecule has 32 heavy (non-hydrogen) atoms. The third-order valence-electron chi connectivity index (χ3n) is 5.45. The van der Waals surface area contributed by atoms with Gasteiger partial charge in [-0.1, -0.05) is 19.9 Å². The molecule has 0 bridgehead atoms. The number of likely N-dealkylation sites (N-methyl/N-ethyl adjacent to an activating group) is 1. The molecule has 0 saturated carbocycles. The van der Waals surface area contributed by atoms with Crippen LogP contribution in [0.2, 0.25) is 0 Å². The lowest BCUT2D eigenvalue weighted by atomic mass is 10.0. The van der Waals surface area contributed by atoms with Crippen LogP contribution in [0.5, 0.6) is 0 Å². The Hall–Kier alpha value is -1.82. The van der Waals surface area contributed by atoms with E-state index >= 15 is 0 Å². The molecule has 1 aromatic heterocycles. The number of nitrogens with one attached hydrogen (secondary N) is 2. The van der Waals surface area contributed by atoms with E-state index in [4.69, 9.17) is 0 Å². The van der Waals surface area contributed by atoms with Gasteiger partial charge < -0.3 is 15.5 Å². The van der Waals surface area contributed by atoms with E-state index in [1.807, 2.05) is 11.6 Å². The van der Waals surface area contributed by atoms with Crippen LogP contribution in [0.1, 0.15) is 56.4 Å². The molecule has 1 aliphatic rings. The Morgan fingerprint density at radius 2 is 1.97 bits per heavy atom. The summed E-state index contributed by atoms with van der Waals surface area (Å²) in [7, 11) is 3.60. The number of aryl methyl sites for hydroxylation is 1. The van der Waals surface area contributed by atoms with Gasteiger partial charge in [-0.3, -0.25) is 4.99 Å². The molecule has 1 aliphatic heterocycles. The molecule has 178 valence electrons. The topological polar surface area (TPSA) is 70.4 Å². The SMILES string of the molecule is CCNC(=NCC(c1c(F)cccc1F)N(C)C)NC1CCc2nc(C(C)C)nn2C1.I. The molecule has 0 aliphatic carbocycles. The third kappa shape index (κ3) is 6.37. The van der Waals surface area contributed by atoms with Crippen molar-refractivity contribution in [1.82, 2.24) is 30.3 Å². The van der Waals surface area contributed by atoms with Crippen molar-refractivity contribution in [3.63, 3.8) is 0 Å². The average Bonchev–Trinajstić information content (AvgIpc) is 3.13. The predicted octanol–water partition coefficient (Wildman–Crippen LogP) is 3.47.